The van der Waals surface area contributed by atoms with Crippen molar-refractivity contribution in [2.75, 3.05) is 18.0 Å². The molecule has 0 amide bonds. The van der Waals surface area contributed by atoms with Gasteiger partial charge in [0.25, 0.3) is 5.82 Å². The van der Waals surface area contributed by atoms with Gasteiger partial charge in [0.2, 0.25) is 5.52 Å². The highest BCUT2D eigenvalue weighted by Gasteiger charge is 2.40. The Morgan fingerprint density at radius 3 is 2.31 bits per heavy atom. The molecule has 4 heterocycles. The number of hydrogen-bond donors (Lipinski definition) is 0. The van der Waals surface area contributed by atoms with Crippen molar-refractivity contribution in [3.63, 3.8) is 0 Å². The number of halogens is 4. The fraction of sp³-hybridized carbons (Fsp3) is 0.367. The molecule has 0 saturated carbocycles. The molecule has 4 aromatic rings. The van der Waals surface area contributed by atoms with Gasteiger partial charge in [-0.2, -0.15) is 18.2 Å². The first kappa shape index (κ1) is 29.1. The van der Waals surface area contributed by atoms with Crippen molar-refractivity contribution < 1.29 is 17.6 Å². The molecule has 5 rings (SSSR count). The zero-order chi connectivity index (χ0) is 30.2. The van der Waals surface area contributed by atoms with Gasteiger partial charge >= 0.3 is 11.9 Å². The topological polar surface area (TPSA) is 71.5 Å². The van der Waals surface area contributed by atoms with Crippen molar-refractivity contribution in [1.29, 1.82) is 0 Å². The maximum Gasteiger partial charge on any atom is 0.417 e. The van der Waals surface area contributed by atoms with Gasteiger partial charge in [0.05, 0.1) is 22.8 Å². The van der Waals surface area contributed by atoms with E-state index < -0.39 is 29.3 Å². The summed E-state index contributed by atoms with van der Waals surface area (Å²) in [5.41, 5.74) is 0.830. The number of hydrogen-bond acceptors (Lipinski definition) is 6. The average molecular weight is 580 g/mol. The number of alkyl halides is 3. The molecule has 12 heteroatoms. The minimum Gasteiger partial charge on any atom is -0.361 e. The summed E-state index contributed by atoms with van der Waals surface area (Å²) in [6.07, 6.45) is -2.37. The molecule has 218 valence electrons. The third kappa shape index (κ3) is 5.44. The van der Waals surface area contributed by atoms with Crippen LogP contribution in [0, 0.1) is 12.4 Å². The summed E-state index contributed by atoms with van der Waals surface area (Å²) >= 11 is 0. The second-order valence-electron chi connectivity index (χ2n) is 10.3. The predicted molar refractivity (Wildman–Crippen MR) is 151 cm³/mol. The summed E-state index contributed by atoms with van der Waals surface area (Å²) < 4.78 is 55.3. The fourth-order valence-corrected chi connectivity index (χ4v) is 5.63. The zero-order valence-corrected chi connectivity index (χ0v) is 23.3. The van der Waals surface area contributed by atoms with Crippen LogP contribution in [0.1, 0.15) is 49.6 Å². The van der Waals surface area contributed by atoms with Crippen LogP contribution >= 0.6 is 0 Å². The third-order valence-corrected chi connectivity index (χ3v) is 7.90. The number of benzene rings is 1. The summed E-state index contributed by atoms with van der Waals surface area (Å²) in [4.78, 5) is 33.7. The van der Waals surface area contributed by atoms with E-state index >= 15 is 0 Å². The number of rotatable bonds is 6. The molecular formula is C30H29F4N7O. The first-order valence-electron chi connectivity index (χ1n) is 13.6. The van der Waals surface area contributed by atoms with Crippen molar-refractivity contribution in [3.05, 3.63) is 99.3 Å². The van der Waals surface area contributed by atoms with Crippen LogP contribution in [0.4, 0.5) is 29.2 Å². The number of aryl methyl sites for hydroxylation is 1. The average Bonchev–Trinajstić information content (AvgIpc) is 2.99. The van der Waals surface area contributed by atoms with Gasteiger partial charge in [0, 0.05) is 38.4 Å². The molecule has 3 aromatic heterocycles. The van der Waals surface area contributed by atoms with E-state index in [1.165, 1.54) is 22.8 Å². The molecule has 3 atom stereocenters. The van der Waals surface area contributed by atoms with E-state index in [9.17, 15) is 22.4 Å². The summed E-state index contributed by atoms with van der Waals surface area (Å²) in [6.45, 7) is 12.3. The maximum atomic E-state index is 13.9. The van der Waals surface area contributed by atoms with Gasteiger partial charge in [-0.05, 0) is 54.8 Å². The van der Waals surface area contributed by atoms with Crippen molar-refractivity contribution in [3.8, 4) is 0 Å². The molecule has 0 bridgehead atoms. The first-order chi connectivity index (χ1) is 20.0. The Kier molecular flexibility index (Phi) is 7.97. The zero-order valence-electron chi connectivity index (χ0n) is 23.3. The summed E-state index contributed by atoms with van der Waals surface area (Å²) in [7, 11) is 1.61. The highest BCUT2D eigenvalue weighted by atomic mass is 19.4. The van der Waals surface area contributed by atoms with E-state index in [2.05, 4.69) is 29.6 Å². The van der Waals surface area contributed by atoms with E-state index in [0.29, 0.717) is 54.0 Å². The van der Waals surface area contributed by atoms with Crippen LogP contribution < -0.4 is 10.6 Å². The standard InChI is InChI=1S/C30H29F4N7O/c1-5-21-17-41(28-26-24(39(4)29(42)38-28)13-14-25(35-3)37-26)22(6-2)16-40(21)27(18-7-10-20(31)11-8-18)23-12-9-19(15-36-23)30(32,33)34/h7-15,21-22,27H,5-6,16-17H2,1-2,4H3/t21-,22+,27?/m1/s1. The second-order valence-corrected chi connectivity index (χ2v) is 10.3. The monoisotopic (exact) mass is 579 g/mol. The molecule has 1 unspecified atom stereocenters. The van der Waals surface area contributed by atoms with Crippen molar-refractivity contribution in [1.82, 2.24) is 24.4 Å². The van der Waals surface area contributed by atoms with E-state index in [1.54, 1.807) is 31.3 Å². The Balaban J connectivity index is 1.60. The molecule has 1 aliphatic rings. The number of piperazine rings is 1. The molecule has 0 radical (unpaired) electrons. The lowest BCUT2D eigenvalue weighted by molar-refractivity contribution is -0.137. The maximum absolute atomic E-state index is 13.9. The molecule has 1 saturated heterocycles. The van der Waals surface area contributed by atoms with Gasteiger partial charge in [-0.3, -0.25) is 14.5 Å². The molecule has 1 aliphatic heterocycles. The van der Waals surface area contributed by atoms with Gasteiger partial charge in [-0.1, -0.05) is 32.6 Å². The van der Waals surface area contributed by atoms with Crippen LogP contribution in [0.25, 0.3) is 15.9 Å². The van der Waals surface area contributed by atoms with Gasteiger partial charge in [0.1, 0.15) is 5.82 Å². The second kappa shape index (κ2) is 11.5. The van der Waals surface area contributed by atoms with Crippen molar-refractivity contribution in [2.24, 2.45) is 7.05 Å². The van der Waals surface area contributed by atoms with Gasteiger partial charge in [-0.15, -0.1) is 4.98 Å². The first-order valence-corrected chi connectivity index (χ1v) is 13.6. The molecule has 0 N–H and O–H groups in total. The predicted octanol–water partition coefficient (Wildman–Crippen LogP) is 5.90. The SMILES string of the molecule is [C-]#[N+]c1ccc2c(n1)c(N1C[C@@H](CC)N(C(c3ccc(F)cc3)c3ccc(C(F)(F)F)cn3)C[C@@H]1CC)nc(=O)n2C. The summed E-state index contributed by atoms with van der Waals surface area (Å²) in [5.74, 6) is 0.165. The number of pyridine rings is 2. The Hall–Kier alpha value is -4.37. The quantitative estimate of drug-likeness (QED) is 0.209. The van der Waals surface area contributed by atoms with Gasteiger partial charge in [0.15, 0.2) is 5.82 Å². The molecule has 0 aliphatic carbocycles. The van der Waals surface area contributed by atoms with Gasteiger partial charge < -0.3 is 9.74 Å². The van der Waals surface area contributed by atoms with Gasteiger partial charge in [-0.25, -0.2) is 9.18 Å². The minimum atomic E-state index is -4.52. The number of aromatic nitrogens is 4. The van der Waals surface area contributed by atoms with Crippen molar-refractivity contribution in [2.45, 2.75) is 51.0 Å². The van der Waals surface area contributed by atoms with Crippen LogP contribution in [0.5, 0.6) is 0 Å². The lowest BCUT2D eigenvalue weighted by Crippen LogP contribution is -2.59. The van der Waals surface area contributed by atoms with Crippen LogP contribution in [0.2, 0.25) is 0 Å². The van der Waals surface area contributed by atoms with Crippen LogP contribution in [-0.4, -0.2) is 49.6 Å². The summed E-state index contributed by atoms with van der Waals surface area (Å²) in [5, 5.41) is 0. The number of anilines is 1. The lowest BCUT2D eigenvalue weighted by atomic mass is 9.94. The smallest absolute Gasteiger partial charge is 0.361 e. The molecule has 8 nitrogen and oxygen atoms in total. The molecule has 0 spiro atoms. The van der Waals surface area contributed by atoms with E-state index in [-0.39, 0.29) is 17.9 Å². The van der Waals surface area contributed by atoms with Crippen molar-refractivity contribution >= 4 is 22.7 Å². The largest absolute Gasteiger partial charge is 0.417 e. The highest BCUT2D eigenvalue weighted by Crippen LogP contribution is 2.37. The normalized spacial score (nSPS) is 18.7. The number of fused-ring (bicyclic) bond motifs is 1. The van der Waals surface area contributed by atoms with Crippen LogP contribution in [0.15, 0.2) is 59.5 Å². The molecular weight excluding hydrogens is 550 g/mol. The Morgan fingerprint density at radius 1 is 1.00 bits per heavy atom. The number of nitrogens with zero attached hydrogens (tertiary/aromatic N) is 7. The minimum absolute atomic E-state index is 0.142. The fourth-order valence-electron chi connectivity index (χ4n) is 5.63. The van der Waals surface area contributed by atoms with E-state index in [4.69, 9.17) is 6.57 Å². The Labute approximate surface area is 240 Å². The van der Waals surface area contributed by atoms with E-state index in [0.717, 1.165) is 12.3 Å². The molecule has 42 heavy (non-hydrogen) atoms. The lowest BCUT2D eigenvalue weighted by Gasteiger charge is -2.49. The third-order valence-electron chi connectivity index (χ3n) is 7.90. The summed E-state index contributed by atoms with van der Waals surface area (Å²) in [6, 6.07) is 10.7. The Bertz CT molecular complexity index is 1680. The van der Waals surface area contributed by atoms with Crippen LogP contribution in [0.3, 0.4) is 0 Å². The Morgan fingerprint density at radius 2 is 1.71 bits per heavy atom. The molecule has 1 aromatic carbocycles. The van der Waals surface area contributed by atoms with Crippen LogP contribution in [-0.2, 0) is 13.2 Å². The van der Waals surface area contributed by atoms with E-state index in [1.807, 2.05) is 13.8 Å². The molecule has 1 fully saturated rings. The highest BCUT2D eigenvalue weighted by molar-refractivity contribution is 5.87.